The summed E-state index contributed by atoms with van der Waals surface area (Å²) in [6, 6.07) is 18.0. The first-order valence-electron chi connectivity index (χ1n) is 13.0. The third kappa shape index (κ3) is 9.73. The molecule has 0 N–H and O–H groups in total. The maximum absolute atomic E-state index is 12.5. The van der Waals surface area contributed by atoms with Gasteiger partial charge in [-0.05, 0) is 92.8 Å². The van der Waals surface area contributed by atoms with Crippen LogP contribution in [0, 0.1) is 0 Å². The van der Waals surface area contributed by atoms with Crippen molar-refractivity contribution in [2.75, 3.05) is 19.8 Å². The molecule has 0 amide bonds. The smallest absolute Gasteiger partial charge is 0.343 e. The summed E-state index contributed by atoms with van der Waals surface area (Å²) in [4.78, 5) is 28.0. The summed E-state index contributed by atoms with van der Waals surface area (Å²) in [6.07, 6.45) is 8.63. The minimum absolute atomic E-state index is 0.387. The van der Waals surface area contributed by atoms with Crippen molar-refractivity contribution >= 4 is 11.9 Å². The predicted octanol–water partition coefficient (Wildman–Crippen LogP) is 6.82. The number of unbranched alkanes of at least 4 members (excludes halogenated alkanes) is 4. The number of carbonyl (C=O) groups is 2. The SMILES string of the molecule is C=CC(=O)OCCCCCCOc1ccc(C(=O)Oc2ccc(-c3ccc(OCCCC)cn3)cc2)cc1. The fourth-order valence-corrected chi connectivity index (χ4v) is 3.50. The van der Waals surface area contributed by atoms with Gasteiger partial charge < -0.3 is 18.9 Å². The van der Waals surface area contributed by atoms with Crippen LogP contribution in [0.4, 0.5) is 0 Å². The first-order valence-corrected chi connectivity index (χ1v) is 13.0. The molecule has 3 aromatic rings. The van der Waals surface area contributed by atoms with Gasteiger partial charge in [0.15, 0.2) is 0 Å². The van der Waals surface area contributed by atoms with Crippen molar-refractivity contribution in [3.63, 3.8) is 0 Å². The van der Waals surface area contributed by atoms with Gasteiger partial charge in [-0.3, -0.25) is 4.98 Å². The highest BCUT2D eigenvalue weighted by molar-refractivity contribution is 5.91. The Balaban J connectivity index is 1.39. The number of hydrogen-bond donors (Lipinski definition) is 0. The van der Waals surface area contributed by atoms with Crippen molar-refractivity contribution in [2.24, 2.45) is 0 Å². The number of nitrogens with zero attached hydrogens (tertiary/aromatic N) is 1. The third-order valence-corrected chi connectivity index (χ3v) is 5.67. The van der Waals surface area contributed by atoms with Crippen LogP contribution in [0.3, 0.4) is 0 Å². The Hall–Kier alpha value is -4.13. The highest BCUT2D eigenvalue weighted by Gasteiger charge is 2.10. The van der Waals surface area contributed by atoms with Crippen LogP contribution >= 0.6 is 0 Å². The van der Waals surface area contributed by atoms with E-state index in [0.29, 0.717) is 36.9 Å². The second kappa shape index (κ2) is 15.9. The van der Waals surface area contributed by atoms with Gasteiger partial charge in [0.1, 0.15) is 17.2 Å². The molecule has 38 heavy (non-hydrogen) atoms. The van der Waals surface area contributed by atoms with Crippen molar-refractivity contribution in [1.29, 1.82) is 0 Å². The lowest BCUT2D eigenvalue weighted by Gasteiger charge is -2.09. The first-order chi connectivity index (χ1) is 18.6. The minimum Gasteiger partial charge on any atom is -0.494 e. The van der Waals surface area contributed by atoms with E-state index in [4.69, 9.17) is 18.9 Å². The van der Waals surface area contributed by atoms with E-state index in [-0.39, 0.29) is 5.97 Å². The summed E-state index contributed by atoms with van der Waals surface area (Å²) in [7, 11) is 0. The highest BCUT2D eigenvalue weighted by atomic mass is 16.5. The Morgan fingerprint density at radius 1 is 0.763 bits per heavy atom. The number of benzene rings is 2. The average molecular weight is 518 g/mol. The van der Waals surface area contributed by atoms with Gasteiger partial charge in [-0.1, -0.05) is 19.9 Å². The Morgan fingerprint density at radius 2 is 1.39 bits per heavy atom. The Labute approximate surface area is 224 Å². The zero-order valence-electron chi connectivity index (χ0n) is 21.9. The van der Waals surface area contributed by atoms with Gasteiger partial charge in [0, 0.05) is 11.6 Å². The molecular formula is C31H35NO6. The van der Waals surface area contributed by atoms with E-state index in [1.807, 2.05) is 24.3 Å². The van der Waals surface area contributed by atoms with Crippen LogP contribution in [0.2, 0.25) is 0 Å². The summed E-state index contributed by atoms with van der Waals surface area (Å²) in [5.74, 6) is 1.08. The second-order valence-electron chi connectivity index (χ2n) is 8.65. The quantitative estimate of drug-likeness (QED) is 0.0892. The molecule has 0 atom stereocenters. The number of ether oxygens (including phenoxy) is 4. The Morgan fingerprint density at radius 3 is 2.05 bits per heavy atom. The lowest BCUT2D eigenvalue weighted by atomic mass is 10.1. The fraction of sp³-hybridized carbons (Fsp3) is 0.323. The molecule has 0 saturated heterocycles. The molecule has 0 bridgehead atoms. The molecule has 0 aliphatic rings. The summed E-state index contributed by atoms with van der Waals surface area (Å²) in [6.45, 7) is 7.16. The molecular weight excluding hydrogens is 482 g/mol. The van der Waals surface area contributed by atoms with E-state index in [9.17, 15) is 9.59 Å². The van der Waals surface area contributed by atoms with Crippen molar-refractivity contribution < 1.29 is 28.5 Å². The third-order valence-electron chi connectivity index (χ3n) is 5.67. The van der Waals surface area contributed by atoms with Gasteiger partial charge in [0.25, 0.3) is 0 Å². The molecule has 3 rings (SSSR count). The van der Waals surface area contributed by atoms with Gasteiger partial charge in [-0.15, -0.1) is 0 Å². The summed E-state index contributed by atoms with van der Waals surface area (Å²) >= 11 is 0. The van der Waals surface area contributed by atoms with Crippen molar-refractivity contribution in [2.45, 2.75) is 45.4 Å². The van der Waals surface area contributed by atoms with E-state index in [0.717, 1.165) is 55.5 Å². The highest BCUT2D eigenvalue weighted by Crippen LogP contribution is 2.23. The fourth-order valence-electron chi connectivity index (χ4n) is 3.50. The minimum atomic E-state index is -0.437. The number of carbonyl (C=O) groups excluding carboxylic acids is 2. The summed E-state index contributed by atoms with van der Waals surface area (Å²) in [5.41, 5.74) is 2.17. The standard InChI is InChI=1S/C31H35NO6/c1-3-5-20-36-28-18-19-29(32-23-28)24-10-16-27(17-11-24)38-31(34)25-12-14-26(15-13-25)35-21-8-6-7-9-22-37-30(33)4-2/h4,10-19,23H,2-3,5-9,20-22H2,1H3. The van der Waals surface area contributed by atoms with Gasteiger partial charge in [0.2, 0.25) is 0 Å². The average Bonchev–Trinajstić information content (AvgIpc) is 2.95. The lowest BCUT2D eigenvalue weighted by Crippen LogP contribution is -2.08. The van der Waals surface area contributed by atoms with Crippen LogP contribution < -0.4 is 14.2 Å². The van der Waals surface area contributed by atoms with Gasteiger partial charge in [0.05, 0.1) is 37.3 Å². The molecule has 0 fully saturated rings. The van der Waals surface area contributed by atoms with Crippen LogP contribution in [-0.2, 0) is 9.53 Å². The maximum atomic E-state index is 12.5. The number of esters is 2. The summed E-state index contributed by atoms with van der Waals surface area (Å²) < 4.78 is 21.9. The molecule has 0 spiro atoms. The monoisotopic (exact) mass is 517 g/mol. The van der Waals surface area contributed by atoms with E-state index < -0.39 is 5.97 Å². The lowest BCUT2D eigenvalue weighted by molar-refractivity contribution is -0.137. The number of pyridine rings is 1. The van der Waals surface area contributed by atoms with Crippen molar-refractivity contribution in [3.8, 4) is 28.5 Å². The molecule has 2 aromatic carbocycles. The van der Waals surface area contributed by atoms with Crippen molar-refractivity contribution in [3.05, 3.63) is 85.1 Å². The topological polar surface area (TPSA) is 84.0 Å². The molecule has 0 radical (unpaired) electrons. The van der Waals surface area contributed by atoms with Crippen molar-refractivity contribution in [1.82, 2.24) is 4.98 Å². The Bertz CT molecular complexity index is 1140. The molecule has 1 aromatic heterocycles. The molecule has 200 valence electrons. The van der Waals surface area contributed by atoms with E-state index in [1.165, 1.54) is 6.08 Å². The van der Waals surface area contributed by atoms with Crippen LogP contribution in [0.1, 0.15) is 55.8 Å². The molecule has 7 heteroatoms. The van der Waals surface area contributed by atoms with Crippen LogP contribution in [0.5, 0.6) is 17.2 Å². The van der Waals surface area contributed by atoms with Crippen LogP contribution in [0.15, 0.2) is 79.5 Å². The van der Waals surface area contributed by atoms with Gasteiger partial charge in [-0.2, -0.15) is 0 Å². The number of rotatable bonds is 16. The van der Waals surface area contributed by atoms with Crippen LogP contribution in [0.25, 0.3) is 11.3 Å². The zero-order chi connectivity index (χ0) is 27.0. The van der Waals surface area contributed by atoms with E-state index >= 15 is 0 Å². The maximum Gasteiger partial charge on any atom is 0.343 e. The molecule has 1 heterocycles. The number of hydrogen-bond acceptors (Lipinski definition) is 7. The zero-order valence-corrected chi connectivity index (χ0v) is 21.9. The molecule has 0 aliphatic carbocycles. The normalized spacial score (nSPS) is 10.4. The number of aromatic nitrogens is 1. The molecule has 0 saturated carbocycles. The largest absolute Gasteiger partial charge is 0.494 e. The van der Waals surface area contributed by atoms with E-state index in [2.05, 4.69) is 18.5 Å². The predicted molar refractivity (Wildman–Crippen MR) is 147 cm³/mol. The molecule has 7 nitrogen and oxygen atoms in total. The van der Waals surface area contributed by atoms with Gasteiger partial charge in [-0.25, -0.2) is 9.59 Å². The second-order valence-corrected chi connectivity index (χ2v) is 8.65. The van der Waals surface area contributed by atoms with E-state index in [1.54, 1.807) is 42.6 Å². The summed E-state index contributed by atoms with van der Waals surface area (Å²) in [5, 5.41) is 0. The first kappa shape index (κ1) is 28.4. The molecule has 0 unspecified atom stereocenters. The Kier molecular flexibility index (Phi) is 11.9. The van der Waals surface area contributed by atoms with Gasteiger partial charge >= 0.3 is 11.9 Å². The van der Waals surface area contributed by atoms with Crippen LogP contribution in [-0.4, -0.2) is 36.7 Å². The molecule has 0 aliphatic heterocycles.